The molecule has 0 saturated heterocycles. The SMILES string of the molecule is CCOC(=O)/C=C(\C(=Nc1ccc(OC)cc1)C(F)(F)F)P(=O)(OCC)OCC. The number of carbonyl (C=O) groups excluding carboxylic acids is 1. The Morgan fingerprint density at radius 3 is 2.03 bits per heavy atom. The van der Waals surface area contributed by atoms with E-state index in [1.807, 2.05) is 0 Å². The Hall–Kier alpha value is -2.16. The first-order valence-corrected chi connectivity index (χ1v) is 10.2. The molecule has 0 spiro atoms. The Morgan fingerprint density at radius 2 is 1.62 bits per heavy atom. The van der Waals surface area contributed by atoms with Crippen molar-refractivity contribution in [1.29, 1.82) is 0 Å². The summed E-state index contributed by atoms with van der Waals surface area (Å²) in [6.07, 6.45) is -4.62. The number of halogens is 3. The van der Waals surface area contributed by atoms with Gasteiger partial charge in [0, 0.05) is 6.08 Å². The number of hydrogen-bond donors (Lipinski definition) is 0. The van der Waals surface area contributed by atoms with E-state index >= 15 is 0 Å². The lowest BCUT2D eigenvalue weighted by atomic mass is 10.2. The number of esters is 1. The van der Waals surface area contributed by atoms with E-state index < -0.39 is 30.8 Å². The molecule has 11 heteroatoms. The Kier molecular flexibility index (Phi) is 9.55. The minimum atomic E-state index is -5.07. The lowest BCUT2D eigenvalue weighted by Gasteiger charge is -2.22. The molecular formula is C18H23F3NO6P. The van der Waals surface area contributed by atoms with E-state index in [2.05, 4.69) is 9.73 Å². The number of ether oxygens (including phenoxy) is 2. The van der Waals surface area contributed by atoms with Crippen molar-refractivity contribution < 1.29 is 41.1 Å². The summed E-state index contributed by atoms with van der Waals surface area (Å²) < 4.78 is 74.4. The van der Waals surface area contributed by atoms with Gasteiger partial charge in [0.1, 0.15) is 11.1 Å². The normalized spacial score (nSPS) is 13.3. The fraction of sp³-hybridized carbons (Fsp3) is 0.444. The first-order chi connectivity index (χ1) is 13.6. The first kappa shape index (κ1) is 24.9. The van der Waals surface area contributed by atoms with Crippen molar-refractivity contribution in [2.75, 3.05) is 26.9 Å². The van der Waals surface area contributed by atoms with Crippen LogP contribution in [0.5, 0.6) is 5.75 Å². The first-order valence-electron chi connectivity index (χ1n) is 8.69. The molecule has 1 aromatic carbocycles. The highest BCUT2D eigenvalue weighted by Gasteiger charge is 2.47. The van der Waals surface area contributed by atoms with Crippen LogP contribution in [-0.4, -0.2) is 44.8 Å². The number of alkyl halides is 3. The summed E-state index contributed by atoms with van der Waals surface area (Å²) in [5.41, 5.74) is -1.69. The van der Waals surface area contributed by atoms with Crippen molar-refractivity contribution in [2.45, 2.75) is 26.9 Å². The van der Waals surface area contributed by atoms with Gasteiger partial charge in [-0.2, -0.15) is 13.2 Å². The van der Waals surface area contributed by atoms with E-state index in [9.17, 15) is 22.5 Å². The molecule has 0 atom stereocenters. The Morgan fingerprint density at radius 1 is 1.07 bits per heavy atom. The molecule has 0 fully saturated rings. The predicted molar refractivity (Wildman–Crippen MR) is 102 cm³/mol. The minimum Gasteiger partial charge on any atom is -0.497 e. The highest BCUT2D eigenvalue weighted by molar-refractivity contribution is 7.60. The molecule has 0 heterocycles. The van der Waals surface area contributed by atoms with Gasteiger partial charge in [-0.1, -0.05) is 0 Å². The average molecular weight is 437 g/mol. The smallest absolute Gasteiger partial charge is 0.434 e. The molecule has 1 rings (SSSR count). The van der Waals surface area contributed by atoms with Gasteiger partial charge < -0.3 is 18.5 Å². The third-order valence-electron chi connectivity index (χ3n) is 3.26. The van der Waals surface area contributed by atoms with E-state index in [1.165, 1.54) is 52.1 Å². The molecule has 162 valence electrons. The molecule has 0 unspecified atom stereocenters. The van der Waals surface area contributed by atoms with Gasteiger partial charge in [0.25, 0.3) is 0 Å². The van der Waals surface area contributed by atoms with Crippen molar-refractivity contribution in [3.05, 3.63) is 35.7 Å². The fourth-order valence-corrected chi connectivity index (χ4v) is 3.87. The van der Waals surface area contributed by atoms with Gasteiger partial charge >= 0.3 is 19.7 Å². The molecular weight excluding hydrogens is 414 g/mol. The van der Waals surface area contributed by atoms with Crippen molar-refractivity contribution in [3.63, 3.8) is 0 Å². The maximum Gasteiger partial charge on any atom is 0.434 e. The highest BCUT2D eigenvalue weighted by atomic mass is 31.2. The van der Waals surface area contributed by atoms with Crippen LogP contribution in [0.15, 0.2) is 40.6 Å². The standard InChI is InChI=1S/C18H23F3NO6P/c1-5-26-16(23)12-15(29(24,27-6-2)28-7-3)17(18(19,20)21)22-13-8-10-14(25-4)11-9-13/h8-12H,5-7H2,1-4H3/b15-12+,22-17?. The number of aliphatic imine (C=N–C) groups is 1. The van der Waals surface area contributed by atoms with Crippen LogP contribution in [0.2, 0.25) is 0 Å². The van der Waals surface area contributed by atoms with Gasteiger partial charge in [0.05, 0.1) is 32.6 Å². The van der Waals surface area contributed by atoms with Crippen LogP contribution in [0.25, 0.3) is 0 Å². The van der Waals surface area contributed by atoms with Gasteiger partial charge in [-0.25, -0.2) is 9.79 Å². The molecule has 29 heavy (non-hydrogen) atoms. The number of hydrogen-bond acceptors (Lipinski definition) is 7. The lowest BCUT2D eigenvalue weighted by Crippen LogP contribution is -2.26. The zero-order valence-corrected chi connectivity index (χ0v) is 17.4. The molecule has 0 aliphatic rings. The van der Waals surface area contributed by atoms with Crippen LogP contribution in [-0.2, 0) is 23.1 Å². The van der Waals surface area contributed by atoms with Crippen molar-refractivity contribution in [2.24, 2.45) is 4.99 Å². The van der Waals surface area contributed by atoms with E-state index in [0.29, 0.717) is 11.8 Å². The summed E-state index contributed by atoms with van der Waals surface area (Å²) in [4.78, 5) is 15.5. The summed E-state index contributed by atoms with van der Waals surface area (Å²) in [5, 5.41) is -1.03. The predicted octanol–water partition coefficient (Wildman–Crippen LogP) is 5.04. The van der Waals surface area contributed by atoms with E-state index in [0.717, 1.165) is 0 Å². The van der Waals surface area contributed by atoms with Gasteiger partial charge in [-0.15, -0.1) is 0 Å². The largest absolute Gasteiger partial charge is 0.497 e. The number of carbonyl (C=O) groups is 1. The summed E-state index contributed by atoms with van der Waals surface area (Å²) in [5.74, 6) is -0.720. The molecule has 0 aliphatic heterocycles. The average Bonchev–Trinajstić information content (AvgIpc) is 2.64. The zero-order chi connectivity index (χ0) is 22.1. The number of allylic oxidation sites excluding steroid dienone is 1. The van der Waals surface area contributed by atoms with Crippen LogP contribution in [0.3, 0.4) is 0 Å². The molecule has 0 aliphatic carbocycles. The summed E-state index contributed by atoms with van der Waals surface area (Å²) in [6, 6.07) is 5.37. The van der Waals surface area contributed by atoms with E-state index in [-0.39, 0.29) is 25.5 Å². The zero-order valence-electron chi connectivity index (χ0n) is 16.5. The van der Waals surface area contributed by atoms with E-state index in [1.54, 1.807) is 0 Å². The maximum atomic E-state index is 13.9. The fourth-order valence-electron chi connectivity index (χ4n) is 2.14. The second kappa shape index (κ2) is 11.1. The molecule has 0 radical (unpaired) electrons. The minimum absolute atomic E-state index is 0.0901. The summed E-state index contributed by atoms with van der Waals surface area (Å²) >= 11 is 0. The van der Waals surface area contributed by atoms with Crippen LogP contribution in [0.4, 0.5) is 18.9 Å². The third-order valence-corrected chi connectivity index (χ3v) is 5.39. The maximum absolute atomic E-state index is 13.9. The topological polar surface area (TPSA) is 83.4 Å². The molecule has 0 amide bonds. The van der Waals surface area contributed by atoms with Crippen LogP contribution < -0.4 is 4.74 Å². The summed E-state index contributed by atoms with van der Waals surface area (Å²) in [6.45, 7) is 3.82. The van der Waals surface area contributed by atoms with Crippen molar-refractivity contribution in [1.82, 2.24) is 0 Å². The lowest BCUT2D eigenvalue weighted by molar-refractivity contribution is -0.137. The Balaban J connectivity index is 3.68. The van der Waals surface area contributed by atoms with Crippen molar-refractivity contribution >= 4 is 25.0 Å². The molecule has 0 saturated carbocycles. The van der Waals surface area contributed by atoms with Crippen molar-refractivity contribution in [3.8, 4) is 5.75 Å². The molecule has 0 bridgehead atoms. The molecule has 7 nitrogen and oxygen atoms in total. The Labute approximate surface area is 167 Å². The molecule has 0 N–H and O–H groups in total. The van der Waals surface area contributed by atoms with Crippen LogP contribution in [0.1, 0.15) is 20.8 Å². The van der Waals surface area contributed by atoms with E-state index in [4.69, 9.17) is 13.8 Å². The highest BCUT2D eigenvalue weighted by Crippen LogP contribution is 2.58. The number of nitrogens with zero attached hydrogens (tertiary/aromatic N) is 1. The van der Waals surface area contributed by atoms with Gasteiger partial charge in [0.2, 0.25) is 0 Å². The molecule has 0 aromatic heterocycles. The number of benzene rings is 1. The van der Waals surface area contributed by atoms with Gasteiger partial charge in [-0.05, 0) is 45.0 Å². The quantitative estimate of drug-likeness (QED) is 0.221. The second-order valence-electron chi connectivity index (χ2n) is 5.27. The van der Waals surface area contributed by atoms with Gasteiger partial charge in [0.15, 0.2) is 5.71 Å². The van der Waals surface area contributed by atoms with Crippen LogP contribution >= 0.6 is 7.60 Å². The summed E-state index contributed by atoms with van der Waals surface area (Å²) in [7, 11) is -3.12. The van der Waals surface area contributed by atoms with Gasteiger partial charge in [-0.3, -0.25) is 4.57 Å². The number of methoxy groups -OCH3 is 1. The molecule has 1 aromatic rings. The monoisotopic (exact) mass is 437 g/mol. The number of rotatable bonds is 10. The second-order valence-corrected chi connectivity index (χ2v) is 7.26. The Bertz CT molecular complexity index is 780. The van der Waals surface area contributed by atoms with Crippen LogP contribution in [0, 0.1) is 0 Å². The third kappa shape index (κ3) is 7.30.